The van der Waals surface area contributed by atoms with Crippen molar-refractivity contribution in [2.24, 2.45) is 7.05 Å². The fraction of sp³-hybridized carbons (Fsp3) is 0.250. The molecular weight excluding hydrogens is 376 g/mol. The second-order valence-corrected chi connectivity index (χ2v) is 5.17. The molecule has 1 aromatic carbocycles. The molecule has 0 fully saturated rings. The van der Waals surface area contributed by atoms with Crippen LogP contribution in [0.4, 0.5) is 13.2 Å². The molecule has 1 aromatic heterocycles. The topological polar surface area (TPSA) is 36.3 Å². The van der Waals surface area contributed by atoms with Crippen molar-refractivity contribution in [3.63, 3.8) is 0 Å². The number of benzene rings is 1. The molecule has 0 aliphatic rings. The fourth-order valence-corrected chi connectivity index (χ4v) is 2.52. The quantitative estimate of drug-likeness (QED) is 0.789. The third-order valence-corrected chi connectivity index (χ3v) is 3.60. The van der Waals surface area contributed by atoms with Crippen molar-refractivity contribution >= 4 is 27.5 Å². The molecular formula is C12H9BrClF3N2O2. The molecule has 0 aliphatic carbocycles. The van der Waals surface area contributed by atoms with Crippen LogP contribution in [0.15, 0.2) is 16.6 Å². The van der Waals surface area contributed by atoms with Gasteiger partial charge in [-0.2, -0.15) is 13.9 Å². The van der Waals surface area contributed by atoms with Gasteiger partial charge in [-0.05, 0) is 28.1 Å². The second-order valence-electron chi connectivity index (χ2n) is 3.94. The summed E-state index contributed by atoms with van der Waals surface area (Å²) in [7, 11) is 2.77. The van der Waals surface area contributed by atoms with Crippen LogP contribution in [0.5, 0.6) is 11.6 Å². The lowest BCUT2D eigenvalue weighted by Crippen LogP contribution is -2.06. The van der Waals surface area contributed by atoms with Crippen molar-refractivity contribution < 1.29 is 22.6 Å². The van der Waals surface area contributed by atoms with Gasteiger partial charge in [0.2, 0.25) is 5.88 Å². The van der Waals surface area contributed by atoms with Crippen molar-refractivity contribution in [1.29, 1.82) is 0 Å². The number of alkyl halides is 2. The van der Waals surface area contributed by atoms with Gasteiger partial charge in [-0.3, -0.25) is 0 Å². The number of ether oxygens (including phenoxy) is 2. The summed E-state index contributed by atoms with van der Waals surface area (Å²) in [5.41, 5.74) is -0.00196. The highest BCUT2D eigenvalue weighted by atomic mass is 79.9. The van der Waals surface area contributed by atoms with Gasteiger partial charge < -0.3 is 9.47 Å². The van der Waals surface area contributed by atoms with Crippen LogP contribution in [-0.2, 0) is 7.05 Å². The number of hydrogen-bond donors (Lipinski definition) is 0. The predicted octanol–water partition coefficient (Wildman–Crippen LogP) is 4.25. The summed E-state index contributed by atoms with van der Waals surface area (Å²) in [6, 6.07) is 2.53. The molecule has 2 aromatic rings. The van der Waals surface area contributed by atoms with E-state index in [1.807, 2.05) is 0 Å². The number of aryl methyl sites for hydroxylation is 1. The molecule has 0 bridgehead atoms. The molecule has 4 nitrogen and oxygen atoms in total. The van der Waals surface area contributed by atoms with Gasteiger partial charge in [-0.1, -0.05) is 11.6 Å². The lowest BCUT2D eigenvalue weighted by molar-refractivity contribution is -0.0552. The smallest absolute Gasteiger partial charge is 0.388 e. The highest BCUT2D eigenvalue weighted by Gasteiger charge is 2.23. The molecule has 0 saturated carbocycles. The van der Waals surface area contributed by atoms with Crippen molar-refractivity contribution in [2.45, 2.75) is 6.61 Å². The maximum Gasteiger partial charge on any atom is 0.388 e. The Labute approximate surface area is 131 Å². The van der Waals surface area contributed by atoms with Gasteiger partial charge in [-0.15, -0.1) is 0 Å². The Morgan fingerprint density at radius 1 is 1.38 bits per heavy atom. The zero-order valence-corrected chi connectivity index (χ0v) is 13.2. The summed E-state index contributed by atoms with van der Waals surface area (Å²) in [4.78, 5) is 0. The number of nitrogens with zero attached hydrogens (tertiary/aromatic N) is 2. The first-order valence-corrected chi connectivity index (χ1v) is 6.73. The number of rotatable bonds is 4. The van der Waals surface area contributed by atoms with Crippen molar-refractivity contribution in [2.75, 3.05) is 7.11 Å². The second kappa shape index (κ2) is 6.15. The van der Waals surface area contributed by atoms with Crippen LogP contribution in [-0.4, -0.2) is 23.5 Å². The van der Waals surface area contributed by atoms with Gasteiger partial charge in [0.25, 0.3) is 0 Å². The molecule has 9 heteroatoms. The van der Waals surface area contributed by atoms with E-state index in [1.165, 1.54) is 26.3 Å². The summed E-state index contributed by atoms with van der Waals surface area (Å²) in [5.74, 6) is -0.626. The van der Waals surface area contributed by atoms with Crippen LogP contribution in [0.2, 0.25) is 5.02 Å². The largest absolute Gasteiger partial charge is 0.496 e. The van der Waals surface area contributed by atoms with E-state index in [1.54, 1.807) is 0 Å². The Morgan fingerprint density at radius 2 is 2.05 bits per heavy atom. The standard InChI is InChI=1S/C12H9BrClF3N2O2/c1-19-11(21-12(16)17)9(14)10(18-19)5-3-8(20-2)6(13)4-7(5)15/h3-4,12H,1-2H3. The summed E-state index contributed by atoms with van der Waals surface area (Å²) < 4.78 is 49.4. The maximum absolute atomic E-state index is 14.1. The molecule has 0 unspecified atom stereocenters. The van der Waals surface area contributed by atoms with Crippen LogP contribution >= 0.6 is 27.5 Å². The third-order valence-electron chi connectivity index (χ3n) is 2.64. The molecule has 0 saturated heterocycles. The first kappa shape index (κ1) is 16.0. The molecule has 1 heterocycles. The Morgan fingerprint density at radius 3 is 2.62 bits per heavy atom. The summed E-state index contributed by atoms with van der Waals surface area (Å²) >= 11 is 9.09. The summed E-state index contributed by atoms with van der Waals surface area (Å²) in [5, 5.41) is 3.71. The normalized spacial score (nSPS) is 11.0. The van der Waals surface area contributed by atoms with Crippen LogP contribution in [0.25, 0.3) is 11.3 Å². The Balaban J connectivity index is 2.57. The van der Waals surface area contributed by atoms with E-state index in [2.05, 4.69) is 25.8 Å². The van der Waals surface area contributed by atoms with Gasteiger partial charge >= 0.3 is 6.61 Å². The van der Waals surface area contributed by atoms with Gasteiger partial charge in [0.1, 0.15) is 22.3 Å². The van der Waals surface area contributed by atoms with Crippen LogP contribution in [0.1, 0.15) is 0 Å². The lowest BCUT2D eigenvalue weighted by atomic mass is 10.1. The first-order valence-electron chi connectivity index (χ1n) is 5.55. The van der Waals surface area contributed by atoms with E-state index in [-0.39, 0.29) is 22.2 Å². The zero-order chi connectivity index (χ0) is 15.7. The minimum atomic E-state index is -3.06. The van der Waals surface area contributed by atoms with Gasteiger partial charge in [0.05, 0.1) is 11.6 Å². The fourth-order valence-electron chi connectivity index (χ4n) is 1.73. The molecule has 21 heavy (non-hydrogen) atoms. The van der Waals surface area contributed by atoms with Crippen molar-refractivity contribution in [1.82, 2.24) is 9.78 Å². The van der Waals surface area contributed by atoms with Crippen molar-refractivity contribution in [3.05, 3.63) is 27.4 Å². The van der Waals surface area contributed by atoms with Crippen LogP contribution in [0, 0.1) is 5.82 Å². The predicted molar refractivity (Wildman–Crippen MR) is 74.5 cm³/mol. The zero-order valence-electron chi connectivity index (χ0n) is 10.8. The minimum Gasteiger partial charge on any atom is -0.496 e. The molecule has 114 valence electrons. The number of aromatic nitrogens is 2. The van der Waals surface area contributed by atoms with Crippen molar-refractivity contribution in [3.8, 4) is 22.9 Å². The Hall–Kier alpha value is -1.41. The highest BCUT2D eigenvalue weighted by molar-refractivity contribution is 9.10. The SMILES string of the molecule is COc1cc(-c2nn(C)c(OC(F)F)c2Cl)c(F)cc1Br. The third kappa shape index (κ3) is 3.11. The molecule has 0 amide bonds. The van der Waals surface area contributed by atoms with E-state index in [0.717, 1.165) is 4.68 Å². The highest BCUT2D eigenvalue weighted by Crippen LogP contribution is 2.39. The molecule has 0 radical (unpaired) electrons. The summed E-state index contributed by atoms with van der Waals surface area (Å²) in [6.45, 7) is -3.06. The molecule has 2 rings (SSSR count). The Bertz CT molecular complexity index is 679. The molecule has 0 spiro atoms. The molecule has 0 aliphatic heterocycles. The minimum absolute atomic E-state index is 0.0137. The first-order chi connectivity index (χ1) is 9.85. The van der Waals surface area contributed by atoms with E-state index in [4.69, 9.17) is 16.3 Å². The average molecular weight is 386 g/mol. The van der Waals surface area contributed by atoms with Gasteiger partial charge in [0, 0.05) is 12.6 Å². The van der Waals surface area contributed by atoms with E-state index in [0.29, 0.717) is 10.2 Å². The number of methoxy groups -OCH3 is 1. The maximum atomic E-state index is 14.1. The number of hydrogen-bond acceptors (Lipinski definition) is 3. The number of halogens is 5. The average Bonchev–Trinajstić information content (AvgIpc) is 2.66. The molecule has 0 N–H and O–H groups in total. The summed E-state index contributed by atoms with van der Waals surface area (Å²) in [6.07, 6.45) is 0. The molecule has 0 atom stereocenters. The van der Waals surface area contributed by atoms with Gasteiger partial charge in [0.15, 0.2) is 0 Å². The van der Waals surface area contributed by atoms with E-state index >= 15 is 0 Å². The Kier molecular flexibility index (Phi) is 4.67. The van der Waals surface area contributed by atoms with E-state index < -0.39 is 12.4 Å². The van der Waals surface area contributed by atoms with E-state index in [9.17, 15) is 13.2 Å². The van der Waals surface area contributed by atoms with Crippen LogP contribution < -0.4 is 9.47 Å². The van der Waals surface area contributed by atoms with Crippen LogP contribution in [0.3, 0.4) is 0 Å². The van der Waals surface area contributed by atoms with Gasteiger partial charge in [-0.25, -0.2) is 9.07 Å². The monoisotopic (exact) mass is 384 g/mol. The lowest BCUT2D eigenvalue weighted by Gasteiger charge is -2.07.